The molecule has 2 heterocycles. The highest BCUT2D eigenvalue weighted by Gasteiger charge is 2.35. The van der Waals surface area contributed by atoms with Crippen LogP contribution < -0.4 is 0 Å². The number of hydrogen-bond acceptors (Lipinski definition) is 5. The monoisotopic (exact) mass is 455 g/mol. The van der Waals surface area contributed by atoms with Crippen LogP contribution >= 0.6 is 0 Å². The SMILES string of the molecule is N#Cc1ccc(CN(CC(F)(F)F)C(=O)c2ccc(S(=O)(=O)N3CCCCC3)o2)cc1. The summed E-state index contributed by atoms with van der Waals surface area (Å²) in [6.07, 6.45) is -2.35. The van der Waals surface area contributed by atoms with Gasteiger partial charge in [-0.2, -0.15) is 22.7 Å². The van der Waals surface area contributed by atoms with Gasteiger partial charge in [0.2, 0.25) is 5.09 Å². The fraction of sp³-hybridized carbons (Fsp3) is 0.400. The van der Waals surface area contributed by atoms with Gasteiger partial charge in [-0.3, -0.25) is 4.79 Å². The molecule has 1 aliphatic heterocycles. The Kier molecular flexibility index (Phi) is 6.71. The van der Waals surface area contributed by atoms with Gasteiger partial charge in [0.15, 0.2) is 5.76 Å². The number of nitriles is 1. The molecule has 7 nitrogen and oxygen atoms in total. The number of amides is 1. The number of nitrogens with zero attached hydrogens (tertiary/aromatic N) is 3. The molecule has 2 aromatic rings. The molecule has 1 fully saturated rings. The van der Waals surface area contributed by atoms with Gasteiger partial charge >= 0.3 is 6.18 Å². The van der Waals surface area contributed by atoms with Gasteiger partial charge in [-0.05, 0) is 42.7 Å². The molecule has 0 saturated carbocycles. The van der Waals surface area contributed by atoms with E-state index in [2.05, 4.69) is 0 Å². The molecular weight excluding hydrogens is 435 g/mol. The molecule has 0 atom stereocenters. The molecule has 1 aromatic carbocycles. The van der Waals surface area contributed by atoms with Gasteiger partial charge in [0.25, 0.3) is 15.9 Å². The number of alkyl halides is 3. The van der Waals surface area contributed by atoms with Crippen molar-refractivity contribution in [2.24, 2.45) is 0 Å². The minimum atomic E-state index is -4.67. The highest BCUT2D eigenvalue weighted by atomic mass is 32.2. The quantitative estimate of drug-likeness (QED) is 0.664. The van der Waals surface area contributed by atoms with Gasteiger partial charge in [0, 0.05) is 19.6 Å². The molecule has 166 valence electrons. The molecule has 0 unspecified atom stereocenters. The van der Waals surface area contributed by atoms with E-state index in [4.69, 9.17) is 9.68 Å². The first-order chi connectivity index (χ1) is 14.6. The average Bonchev–Trinajstić information content (AvgIpc) is 3.24. The molecule has 0 aliphatic carbocycles. The molecule has 1 aromatic heterocycles. The summed E-state index contributed by atoms with van der Waals surface area (Å²) in [5.74, 6) is -1.57. The van der Waals surface area contributed by atoms with Crippen LogP contribution in [0.4, 0.5) is 13.2 Å². The van der Waals surface area contributed by atoms with Gasteiger partial charge in [0.1, 0.15) is 6.54 Å². The Morgan fingerprint density at radius 2 is 1.74 bits per heavy atom. The molecule has 0 N–H and O–H groups in total. The maximum Gasteiger partial charge on any atom is 0.406 e. The fourth-order valence-corrected chi connectivity index (χ4v) is 4.71. The van der Waals surface area contributed by atoms with E-state index < -0.39 is 39.5 Å². The third-order valence-corrected chi connectivity index (χ3v) is 6.59. The summed E-state index contributed by atoms with van der Waals surface area (Å²) in [7, 11) is -3.96. The lowest BCUT2D eigenvalue weighted by Crippen LogP contribution is -2.38. The Morgan fingerprint density at radius 1 is 1.10 bits per heavy atom. The van der Waals surface area contributed by atoms with Crippen molar-refractivity contribution in [1.29, 1.82) is 5.26 Å². The Hall–Kier alpha value is -2.84. The summed E-state index contributed by atoms with van der Waals surface area (Å²) < 4.78 is 71.0. The van der Waals surface area contributed by atoms with Crippen LogP contribution in [0.5, 0.6) is 0 Å². The van der Waals surface area contributed by atoms with Crippen LogP contribution in [0, 0.1) is 11.3 Å². The standard InChI is InChI=1S/C20H20F3N3O4S/c21-20(22,23)14-25(13-16-6-4-15(12-24)5-7-16)19(27)17-8-9-18(30-17)31(28,29)26-10-2-1-3-11-26/h4-9H,1-3,10-11,13-14H2. The smallest absolute Gasteiger partial charge is 0.406 e. The molecule has 1 amide bonds. The number of rotatable bonds is 6. The Morgan fingerprint density at radius 3 is 2.32 bits per heavy atom. The summed E-state index contributed by atoms with van der Waals surface area (Å²) in [5, 5.41) is 8.36. The summed E-state index contributed by atoms with van der Waals surface area (Å²) in [6.45, 7) is -1.28. The van der Waals surface area contributed by atoms with E-state index in [0.717, 1.165) is 18.6 Å². The predicted octanol–water partition coefficient (Wildman–Crippen LogP) is 3.53. The molecule has 3 rings (SSSR count). The number of hydrogen-bond donors (Lipinski definition) is 0. The van der Waals surface area contributed by atoms with Gasteiger partial charge in [-0.1, -0.05) is 18.6 Å². The number of sulfonamides is 1. The first-order valence-corrected chi connectivity index (χ1v) is 11.0. The van der Waals surface area contributed by atoms with Gasteiger partial charge in [-0.25, -0.2) is 8.42 Å². The molecule has 1 saturated heterocycles. The predicted molar refractivity (Wildman–Crippen MR) is 103 cm³/mol. The van der Waals surface area contributed by atoms with Crippen molar-refractivity contribution >= 4 is 15.9 Å². The molecule has 0 bridgehead atoms. The van der Waals surface area contributed by atoms with Crippen molar-refractivity contribution in [2.75, 3.05) is 19.6 Å². The molecule has 0 radical (unpaired) electrons. The van der Waals surface area contributed by atoms with E-state index in [9.17, 15) is 26.4 Å². The van der Waals surface area contributed by atoms with E-state index in [0.29, 0.717) is 42.0 Å². The normalized spacial score (nSPS) is 15.4. The second-order valence-corrected chi connectivity index (χ2v) is 9.04. The molecule has 0 spiro atoms. The van der Waals surface area contributed by atoms with Crippen molar-refractivity contribution in [2.45, 2.75) is 37.1 Å². The lowest BCUT2D eigenvalue weighted by atomic mass is 10.1. The van der Waals surface area contributed by atoms with Crippen LogP contribution in [0.25, 0.3) is 0 Å². The van der Waals surface area contributed by atoms with E-state index in [1.165, 1.54) is 28.6 Å². The number of piperidine rings is 1. The first-order valence-electron chi connectivity index (χ1n) is 9.55. The van der Waals surface area contributed by atoms with Crippen LogP contribution in [0.3, 0.4) is 0 Å². The second kappa shape index (κ2) is 9.11. The van der Waals surface area contributed by atoms with Crippen molar-refractivity contribution < 1.29 is 30.8 Å². The number of furan rings is 1. The molecular formula is C20H20F3N3O4S. The summed E-state index contributed by atoms with van der Waals surface area (Å²) in [6, 6.07) is 9.82. The first kappa shape index (κ1) is 22.8. The number of carbonyl (C=O) groups excluding carboxylic acids is 1. The van der Waals surface area contributed by atoms with Crippen molar-refractivity contribution in [3.63, 3.8) is 0 Å². The maximum absolute atomic E-state index is 13.1. The van der Waals surface area contributed by atoms with E-state index in [1.54, 1.807) is 0 Å². The van der Waals surface area contributed by atoms with Crippen LogP contribution in [-0.2, 0) is 16.6 Å². The highest BCUT2D eigenvalue weighted by Crippen LogP contribution is 2.25. The zero-order valence-corrected chi connectivity index (χ0v) is 17.2. The van der Waals surface area contributed by atoms with Crippen LogP contribution in [0.15, 0.2) is 45.9 Å². The number of carbonyl (C=O) groups is 1. The van der Waals surface area contributed by atoms with Crippen LogP contribution in [-0.4, -0.2) is 49.3 Å². The largest absolute Gasteiger partial charge is 0.438 e. The van der Waals surface area contributed by atoms with Gasteiger partial charge < -0.3 is 9.32 Å². The highest BCUT2D eigenvalue weighted by molar-refractivity contribution is 7.89. The summed E-state index contributed by atoms with van der Waals surface area (Å²) >= 11 is 0. The molecule has 31 heavy (non-hydrogen) atoms. The topological polar surface area (TPSA) is 94.6 Å². The maximum atomic E-state index is 13.1. The van der Waals surface area contributed by atoms with Crippen molar-refractivity contribution in [3.05, 3.63) is 53.3 Å². The van der Waals surface area contributed by atoms with Crippen LogP contribution in [0.2, 0.25) is 0 Å². The van der Waals surface area contributed by atoms with E-state index in [-0.39, 0.29) is 6.54 Å². The third-order valence-electron chi connectivity index (χ3n) is 4.82. The zero-order chi connectivity index (χ0) is 22.6. The second-order valence-electron chi connectivity index (χ2n) is 7.17. The van der Waals surface area contributed by atoms with E-state index in [1.807, 2.05) is 6.07 Å². The Balaban J connectivity index is 1.83. The van der Waals surface area contributed by atoms with Gasteiger partial charge in [0.05, 0.1) is 11.6 Å². The average molecular weight is 455 g/mol. The Labute approximate surface area is 177 Å². The number of benzene rings is 1. The fourth-order valence-electron chi connectivity index (χ4n) is 3.28. The van der Waals surface area contributed by atoms with Crippen molar-refractivity contribution in [1.82, 2.24) is 9.21 Å². The van der Waals surface area contributed by atoms with Crippen LogP contribution in [0.1, 0.15) is 40.9 Å². The number of halogens is 3. The molecule has 1 aliphatic rings. The Bertz CT molecular complexity index is 1070. The lowest BCUT2D eigenvalue weighted by molar-refractivity contribution is -0.141. The molecule has 11 heteroatoms. The third kappa shape index (κ3) is 5.65. The zero-order valence-electron chi connectivity index (χ0n) is 16.4. The summed E-state index contributed by atoms with van der Waals surface area (Å²) in [4.78, 5) is 13.3. The van der Waals surface area contributed by atoms with Crippen molar-refractivity contribution in [3.8, 4) is 6.07 Å². The summed E-state index contributed by atoms with van der Waals surface area (Å²) in [5.41, 5.74) is 0.709. The van der Waals surface area contributed by atoms with E-state index >= 15 is 0 Å². The van der Waals surface area contributed by atoms with Gasteiger partial charge in [-0.15, -0.1) is 0 Å². The minimum absolute atomic E-state index is 0.325. The lowest BCUT2D eigenvalue weighted by Gasteiger charge is -2.25. The minimum Gasteiger partial charge on any atom is -0.438 e.